The van der Waals surface area contributed by atoms with E-state index in [0.717, 1.165) is 16.6 Å². The molecule has 0 radical (unpaired) electrons. The van der Waals surface area contributed by atoms with Gasteiger partial charge >= 0.3 is 0 Å². The number of halogens is 1. The Morgan fingerprint density at radius 3 is 2.58 bits per heavy atom. The van der Waals surface area contributed by atoms with Crippen LogP contribution in [0.1, 0.15) is 19.5 Å². The first kappa shape index (κ1) is 9.45. The van der Waals surface area contributed by atoms with Crippen LogP contribution in [-0.2, 0) is 17.3 Å². The van der Waals surface area contributed by atoms with Gasteiger partial charge < -0.3 is 4.79 Å². The zero-order chi connectivity index (χ0) is 9.35. The van der Waals surface area contributed by atoms with Crippen LogP contribution in [0.3, 0.4) is 0 Å². The third-order valence-electron chi connectivity index (χ3n) is 1.80. The number of rotatable bonds is 2. The average molecular weight is 231 g/mol. The first-order chi connectivity index (χ1) is 5.47. The maximum atomic E-state index is 10.7. The predicted molar refractivity (Wildman–Crippen MR) is 50.0 cm³/mol. The summed E-state index contributed by atoms with van der Waals surface area (Å²) < 4.78 is 2.47. The van der Waals surface area contributed by atoms with E-state index >= 15 is 0 Å². The minimum absolute atomic E-state index is 0.465. The minimum Gasteiger partial charge on any atom is -0.302 e. The molecule has 0 aromatic carbocycles. The predicted octanol–water partition coefficient (Wildman–Crippen LogP) is 1.66. The van der Waals surface area contributed by atoms with Crippen LogP contribution in [0.4, 0.5) is 0 Å². The molecular formula is C8H11BrN2O. The number of aryl methyl sites for hydroxylation is 1. The number of aldehydes is 1. The quantitative estimate of drug-likeness (QED) is 0.725. The number of carbonyl (C=O) groups excluding carboxylic acids is 1. The second kappa shape index (κ2) is 3.01. The zero-order valence-corrected chi connectivity index (χ0v) is 8.92. The molecule has 12 heavy (non-hydrogen) atoms. The SMILES string of the molecule is Cn1nc(Br)cc1C(C)(C)C=O. The molecular weight excluding hydrogens is 220 g/mol. The fourth-order valence-electron chi connectivity index (χ4n) is 1.10. The van der Waals surface area contributed by atoms with Crippen LogP contribution >= 0.6 is 15.9 Å². The first-order valence-electron chi connectivity index (χ1n) is 3.64. The van der Waals surface area contributed by atoms with E-state index in [4.69, 9.17) is 0 Å². The number of aromatic nitrogens is 2. The van der Waals surface area contributed by atoms with Crippen molar-refractivity contribution in [2.45, 2.75) is 19.3 Å². The molecule has 0 amide bonds. The first-order valence-corrected chi connectivity index (χ1v) is 4.43. The molecule has 0 atom stereocenters. The van der Waals surface area contributed by atoms with Crippen molar-refractivity contribution in [3.63, 3.8) is 0 Å². The van der Waals surface area contributed by atoms with E-state index in [1.54, 1.807) is 4.68 Å². The van der Waals surface area contributed by atoms with Crippen molar-refractivity contribution in [1.82, 2.24) is 9.78 Å². The van der Waals surface area contributed by atoms with E-state index in [1.165, 1.54) is 0 Å². The van der Waals surface area contributed by atoms with E-state index in [1.807, 2.05) is 27.0 Å². The lowest BCUT2D eigenvalue weighted by Gasteiger charge is -2.16. The molecule has 0 fully saturated rings. The second-order valence-corrected chi connectivity index (χ2v) is 4.13. The Morgan fingerprint density at radius 1 is 1.67 bits per heavy atom. The molecule has 0 aliphatic heterocycles. The van der Waals surface area contributed by atoms with Gasteiger partial charge in [0.05, 0.1) is 11.1 Å². The fraction of sp³-hybridized carbons (Fsp3) is 0.500. The summed E-state index contributed by atoms with van der Waals surface area (Å²) in [5, 5.41) is 4.10. The standard InChI is InChI=1S/C8H11BrN2O/c1-8(2,5-12)6-4-7(9)10-11(6)3/h4-5H,1-3H3. The molecule has 0 unspecified atom stereocenters. The summed E-state index contributed by atoms with van der Waals surface area (Å²) in [4.78, 5) is 10.7. The molecule has 0 saturated heterocycles. The highest BCUT2D eigenvalue weighted by Crippen LogP contribution is 2.22. The van der Waals surface area contributed by atoms with Crippen molar-refractivity contribution in [3.05, 3.63) is 16.4 Å². The lowest BCUT2D eigenvalue weighted by molar-refractivity contribution is -0.111. The zero-order valence-electron chi connectivity index (χ0n) is 7.34. The molecule has 1 rings (SSSR count). The lowest BCUT2D eigenvalue weighted by Crippen LogP contribution is -2.22. The highest BCUT2D eigenvalue weighted by atomic mass is 79.9. The Hall–Kier alpha value is -0.640. The molecule has 1 aromatic rings. The Bertz CT molecular complexity index is 304. The normalized spacial score (nSPS) is 11.7. The van der Waals surface area contributed by atoms with Crippen LogP contribution in [0, 0.1) is 0 Å². The van der Waals surface area contributed by atoms with Gasteiger partial charge in [0.2, 0.25) is 0 Å². The average Bonchev–Trinajstić information content (AvgIpc) is 2.31. The number of nitrogens with zero attached hydrogens (tertiary/aromatic N) is 2. The summed E-state index contributed by atoms with van der Waals surface area (Å²) in [6, 6.07) is 1.86. The van der Waals surface area contributed by atoms with Gasteiger partial charge in [-0.3, -0.25) is 4.68 Å². The summed E-state index contributed by atoms with van der Waals surface area (Å²) >= 11 is 3.26. The Balaban J connectivity index is 3.18. The summed E-state index contributed by atoms with van der Waals surface area (Å²) in [6.45, 7) is 3.73. The maximum absolute atomic E-state index is 10.7. The summed E-state index contributed by atoms with van der Waals surface area (Å²) in [5.41, 5.74) is 0.442. The van der Waals surface area contributed by atoms with Gasteiger partial charge in [0, 0.05) is 7.05 Å². The molecule has 4 heteroatoms. The third-order valence-corrected chi connectivity index (χ3v) is 2.19. The minimum atomic E-state index is -0.465. The van der Waals surface area contributed by atoms with Crippen molar-refractivity contribution < 1.29 is 4.79 Å². The Kier molecular flexibility index (Phi) is 2.37. The van der Waals surface area contributed by atoms with Crippen LogP contribution in [0.5, 0.6) is 0 Å². The summed E-state index contributed by atoms with van der Waals surface area (Å²) in [5.74, 6) is 0. The van der Waals surface area contributed by atoms with Gasteiger partial charge in [-0.2, -0.15) is 5.10 Å². The van der Waals surface area contributed by atoms with Gasteiger partial charge in [0.25, 0.3) is 0 Å². The van der Waals surface area contributed by atoms with Crippen molar-refractivity contribution in [1.29, 1.82) is 0 Å². The number of hydrogen-bond donors (Lipinski definition) is 0. The van der Waals surface area contributed by atoms with Gasteiger partial charge in [-0.25, -0.2) is 0 Å². The molecule has 0 N–H and O–H groups in total. The van der Waals surface area contributed by atoms with E-state index in [0.29, 0.717) is 0 Å². The second-order valence-electron chi connectivity index (χ2n) is 3.32. The summed E-state index contributed by atoms with van der Waals surface area (Å²) in [6.07, 6.45) is 0.927. The van der Waals surface area contributed by atoms with Gasteiger partial charge in [-0.05, 0) is 35.8 Å². The Labute approximate surface area is 79.9 Å². The van der Waals surface area contributed by atoms with Crippen LogP contribution in [-0.4, -0.2) is 16.1 Å². The van der Waals surface area contributed by atoms with Gasteiger partial charge in [0.15, 0.2) is 0 Å². The fourth-order valence-corrected chi connectivity index (χ4v) is 1.55. The molecule has 3 nitrogen and oxygen atoms in total. The molecule has 66 valence electrons. The monoisotopic (exact) mass is 230 g/mol. The van der Waals surface area contributed by atoms with E-state index in [-0.39, 0.29) is 0 Å². The Morgan fingerprint density at radius 2 is 2.25 bits per heavy atom. The van der Waals surface area contributed by atoms with E-state index in [2.05, 4.69) is 21.0 Å². The maximum Gasteiger partial charge on any atom is 0.131 e. The van der Waals surface area contributed by atoms with Crippen molar-refractivity contribution >= 4 is 22.2 Å². The lowest BCUT2D eigenvalue weighted by atomic mass is 9.91. The third kappa shape index (κ3) is 1.58. The molecule has 1 heterocycles. The highest BCUT2D eigenvalue weighted by molar-refractivity contribution is 9.10. The van der Waals surface area contributed by atoms with Crippen LogP contribution in [0.2, 0.25) is 0 Å². The van der Waals surface area contributed by atoms with E-state index < -0.39 is 5.41 Å². The smallest absolute Gasteiger partial charge is 0.131 e. The van der Waals surface area contributed by atoms with Gasteiger partial charge in [-0.15, -0.1) is 0 Å². The van der Waals surface area contributed by atoms with Crippen molar-refractivity contribution in [2.24, 2.45) is 7.05 Å². The van der Waals surface area contributed by atoms with Crippen LogP contribution in [0.25, 0.3) is 0 Å². The molecule has 0 spiro atoms. The molecule has 0 aliphatic carbocycles. The topological polar surface area (TPSA) is 34.9 Å². The van der Waals surface area contributed by atoms with Crippen LogP contribution in [0.15, 0.2) is 10.7 Å². The number of carbonyl (C=O) groups is 1. The van der Waals surface area contributed by atoms with Crippen molar-refractivity contribution in [3.8, 4) is 0 Å². The summed E-state index contributed by atoms with van der Waals surface area (Å²) in [7, 11) is 1.82. The number of hydrogen-bond acceptors (Lipinski definition) is 2. The largest absolute Gasteiger partial charge is 0.302 e. The molecule has 1 aromatic heterocycles. The molecule has 0 aliphatic rings. The molecule has 0 saturated carbocycles. The van der Waals surface area contributed by atoms with Gasteiger partial charge in [0.1, 0.15) is 10.9 Å². The van der Waals surface area contributed by atoms with Crippen molar-refractivity contribution in [2.75, 3.05) is 0 Å². The highest BCUT2D eigenvalue weighted by Gasteiger charge is 2.23. The van der Waals surface area contributed by atoms with Crippen LogP contribution < -0.4 is 0 Å². The van der Waals surface area contributed by atoms with E-state index in [9.17, 15) is 4.79 Å². The van der Waals surface area contributed by atoms with Gasteiger partial charge in [-0.1, -0.05) is 0 Å². The molecule has 0 bridgehead atoms.